The lowest BCUT2D eigenvalue weighted by Crippen LogP contribution is -2.38. The van der Waals surface area contributed by atoms with Gasteiger partial charge in [-0.1, -0.05) is 6.42 Å². The maximum Gasteiger partial charge on any atom is 0.244 e. The van der Waals surface area contributed by atoms with Gasteiger partial charge in [0, 0.05) is 19.1 Å². The van der Waals surface area contributed by atoms with E-state index in [2.05, 4.69) is 10.1 Å². The maximum absolute atomic E-state index is 12.2. The molecule has 0 bridgehead atoms. The summed E-state index contributed by atoms with van der Waals surface area (Å²) in [6.45, 7) is 1.97. The average Bonchev–Trinajstić information content (AvgIpc) is 2.97. The number of likely N-dealkylation sites (tertiary alicyclic amines) is 1. The van der Waals surface area contributed by atoms with Crippen molar-refractivity contribution in [1.82, 2.24) is 19.7 Å². The van der Waals surface area contributed by atoms with Gasteiger partial charge in [0.25, 0.3) is 0 Å². The van der Waals surface area contributed by atoms with E-state index in [0.29, 0.717) is 11.8 Å². The second-order valence-electron chi connectivity index (χ2n) is 5.41. The molecule has 6 heteroatoms. The van der Waals surface area contributed by atoms with Gasteiger partial charge in [0.15, 0.2) is 0 Å². The van der Waals surface area contributed by atoms with Gasteiger partial charge in [-0.05, 0) is 24.7 Å². The van der Waals surface area contributed by atoms with Crippen LogP contribution < -0.4 is 5.73 Å². The van der Waals surface area contributed by atoms with Crippen LogP contribution in [0.25, 0.3) is 0 Å². The lowest BCUT2D eigenvalue weighted by atomic mass is 9.78. The third-order valence-electron chi connectivity index (χ3n) is 4.27. The van der Waals surface area contributed by atoms with Crippen LogP contribution in [0.5, 0.6) is 0 Å². The Hall–Kier alpha value is -1.43. The van der Waals surface area contributed by atoms with Gasteiger partial charge in [-0.25, -0.2) is 9.67 Å². The minimum absolute atomic E-state index is 0.127. The van der Waals surface area contributed by atoms with E-state index >= 15 is 0 Å². The zero-order valence-corrected chi connectivity index (χ0v) is 10.4. The molecule has 3 atom stereocenters. The van der Waals surface area contributed by atoms with Crippen molar-refractivity contribution in [2.45, 2.75) is 31.8 Å². The van der Waals surface area contributed by atoms with E-state index in [1.807, 2.05) is 4.90 Å². The highest BCUT2D eigenvalue weighted by molar-refractivity contribution is 5.76. The first-order chi connectivity index (χ1) is 8.74. The molecule has 1 aromatic rings. The summed E-state index contributed by atoms with van der Waals surface area (Å²) in [5.74, 6) is 1.23. The number of fused-ring (bicyclic) bond motifs is 1. The molecular weight excluding hydrogens is 230 g/mol. The van der Waals surface area contributed by atoms with Crippen molar-refractivity contribution < 1.29 is 4.79 Å². The molecule has 3 unspecified atom stereocenters. The van der Waals surface area contributed by atoms with Crippen LogP contribution in [0, 0.1) is 11.8 Å². The second-order valence-corrected chi connectivity index (χ2v) is 5.41. The SMILES string of the molecule is NC1CCCC2CN(C(=O)Cn3cncn3)CC12. The predicted octanol–water partition coefficient (Wildman–Crippen LogP) is -0.136. The molecule has 0 radical (unpaired) electrons. The van der Waals surface area contributed by atoms with E-state index in [0.717, 1.165) is 19.5 Å². The van der Waals surface area contributed by atoms with Gasteiger partial charge >= 0.3 is 0 Å². The van der Waals surface area contributed by atoms with Gasteiger partial charge in [0.05, 0.1) is 0 Å². The molecule has 98 valence electrons. The first-order valence-corrected chi connectivity index (χ1v) is 6.60. The molecule has 6 nitrogen and oxygen atoms in total. The van der Waals surface area contributed by atoms with Crippen molar-refractivity contribution in [2.24, 2.45) is 17.6 Å². The summed E-state index contributed by atoms with van der Waals surface area (Å²) in [4.78, 5) is 18.0. The molecule has 2 aliphatic rings. The summed E-state index contributed by atoms with van der Waals surface area (Å²) in [6.07, 6.45) is 6.55. The van der Waals surface area contributed by atoms with Gasteiger partial charge in [-0.3, -0.25) is 4.79 Å². The zero-order valence-electron chi connectivity index (χ0n) is 10.4. The molecule has 1 aliphatic heterocycles. The summed E-state index contributed by atoms with van der Waals surface area (Å²) in [7, 11) is 0. The van der Waals surface area contributed by atoms with Crippen molar-refractivity contribution >= 4 is 5.91 Å². The Morgan fingerprint density at radius 1 is 1.39 bits per heavy atom. The minimum Gasteiger partial charge on any atom is -0.340 e. The Balaban J connectivity index is 1.62. The number of amides is 1. The van der Waals surface area contributed by atoms with Crippen LogP contribution in [0.3, 0.4) is 0 Å². The van der Waals surface area contributed by atoms with Crippen molar-refractivity contribution in [3.63, 3.8) is 0 Å². The molecule has 2 fully saturated rings. The van der Waals surface area contributed by atoms with Crippen LogP contribution in [-0.2, 0) is 11.3 Å². The standard InChI is InChI=1S/C12H19N5O/c13-11-3-1-2-9-4-16(5-10(9)11)12(18)6-17-8-14-7-15-17/h7-11H,1-6,13H2. The van der Waals surface area contributed by atoms with E-state index in [1.165, 1.54) is 19.2 Å². The summed E-state index contributed by atoms with van der Waals surface area (Å²) in [6, 6.07) is 0.271. The Morgan fingerprint density at radius 2 is 2.28 bits per heavy atom. The first-order valence-electron chi connectivity index (χ1n) is 6.60. The van der Waals surface area contributed by atoms with E-state index in [9.17, 15) is 4.79 Å². The van der Waals surface area contributed by atoms with E-state index in [-0.39, 0.29) is 18.5 Å². The molecule has 1 aliphatic carbocycles. The van der Waals surface area contributed by atoms with E-state index < -0.39 is 0 Å². The molecule has 2 N–H and O–H groups in total. The van der Waals surface area contributed by atoms with Crippen molar-refractivity contribution in [3.05, 3.63) is 12.7 Å². The molecule has 1 saturated heterocycles. The monoisotopic (exact) mass is 249 g/mol. The summed E-state index contributed by atoms with van der Waals surface area (Å²) >= 11 is 0. The highest BCUT2D eigenvalue weighted by atomic mass is 16.2. The fourth-order valence-corrected chi connectivity index (χ4v) is 3.27. The maximum atomic E-state index is 12.2. The van der Waals surface area contributed by atoms with Crippen molar-refractivity contribution in [1.29, 1.82) is 0 Å². The number of nitrogens with zero attached hydrogens (tertiary/aromatic N) is 4. The van der Waals surface area contributed by atoms with Crippen LogP contribution in [0.1, 0.15) is 19.3 Å². The highest BCUT2D eigenvalue weighted by Crippen LogP contribution is 2.35. The Kier molecular flexibility index (Phi) is 3.03. The van der Waals surface area contributed by atoms with Gasteiger partial charge in [-0.2, -0.15) is 5.10 Å². The Morgan fingerprint density at radius 3 is 3.00 bits per heavy atom. The van der Waals surface area contributed by atoms with Crippen LogP contribution >= 0.6 is 0 Å². The Bertz CT molecular complexity index is 418. The fraction of sp³-hybridized carbons (Fsp3) is 0.750. The van der Waals surface area contributed by atoms with Gasteiger partial charge in [0.2, 0.25) is 5.91 Å². The molecule has 2 heterocycles. The van der Waals surface area contributed by atoms with Crippen LogP contribution in [0.15, 0.2) is 12.7 Å². The van der Waals surface area contributed by atoms with Gasteiger partial charge < -0.3 is 10.6 Å². The quantitative estimate of drug-likeness (QED) is 0.791. The normalized spacial score (nSPS) is 31.4. The summed E-state index contributed by atoms with van der Waals surface area (Å²) in [5, 5.41) is 3.97. The van der Waals surface area contributed by atoms with Crippen LogP contribution in [-0.4, -0.2) is 44.7 Å². The summed E-state index contributed by atoms with van der Waals surface area (Å²) in [5.41, 5.74) is 6.15. The molecular formula is C12H19N5O. The number of rotatable bonds is 2. The molecule has 0 aromatic carbocycles. The number of aromatic nitrogens is 3. The average molecular weight is 249 g/mol. The molecule has 0 spiro atoms. The number of carbonyl (C=O) groups is 1. The second kappa shape index (κ2) is 4.68. The number of nitrogens with two attached hydrogens (primary N) is 1. The first kappa shape index (κ1) is 11.6. The topological polar surface area (TPSA) is 77.0 Å². The fourth-order valence-electron chi connectivity index (χ4n) is 3.27. The number of hydrogen-bond donors (Lipinski definition) is 1. The van der Waals surface area contributed by atoms with E-state index in [4.69, 9.17) is 5.73 Å². The number of carbonyl (C=O) groups excluding carboxylic acids is 1. The summed E-state index contributed by atoms with van der Waals surface area (Å²) < 4.78 is 1.57. The van der Waals surface area contributed by atoms with Crippen LogP contribution in [0.4, 0.5) is 0 Å². The molecule has 18 heavy (non-hydrogen) atoms. The third kappa shape index (κ3) is 2.12. The molecule has 1 aromatic heterocycles. The van der Waals surface area contributed by atoms with Crippen molar-refractivity contribution in [3.8, 4) is 0 Å². The zero-order chi connectivity index (χ0) is 12.5. The van der Waals surface area contributed by atoms with E-state index in [1.54, 1.807) is 11.0 Å². The minimum atomic E-state index is 0.127. The van der Waals surface area contributed by atoms with Gasteiger partial charge in [0.1, 0.15) is 19.2 Å². The lowest BCUT2D eigenvalue weighted by Gasteiger charge is -2.29. The highest BCUT2D eigenvalue weighted by Gasteiger charge is 2.40. The number of hydrogen-bond acceptors (Lipinski definition) is 4. The smallest absolute Gasteiger partial charge is 0.244 e. The molecule has 1 saturated carbocycles. The molecule has 3 rings (SSSR count). The third-order valence-corrected chi connectivity index (χ3v) is 4.27. The Labute approximate surface area is 106 Å². The molecule has 1 amide bonds. The van der Waals surface area contributed by atoms with Crippen molar-refractivity contribution in [2.75, 3.05) is 13.1 Å². The predicted molar refractivity (Wildman–Crippen MR) is 65.4 cm³/mol. The van der Waals surface area contributed by atoms with Gasteiger partial charge in [-0.15, -0.1) is 0 Å². The largest absolute Gasteiger partial charge is 0.340 e. The van der Waals surface area contributed by atoms with Crippen LogP contribution in [0.2, 0.25) is 0 Å². The lowest BCUT2D eigenvalue weighted by molar-refractivity contribution is -0.131.